The topological polar surface area (TPSA) is 93.1 Å². The zero-order valence-corrected chi connectivity index (χ0v) is 21.9. The molecule has 2 fully saturated rings. The molecule has 0 amide bonds. The quantitative estimate of drug-likeness (QED) is 0.273. The second-order valence-corrected chi connectivity index (χ2v) is 10.2. The third-order valence-corrected chi connectivity index (χ3v) is 7.75. The van der Waals surface area contributed by atoms with Gasteiger partial charge in [0.1, 0.15) is 36.3 Å². The third kappa shape index (κ3) is 4.45. The van der Waals surface area contributed by atoms with Crippen molar-refractivity contribution in [1.82, 2.24) is 14.6 Å². The largest absolute Gasteiger partial charge is 0.382 e. The molecule has 5 aromatic rings. The molecule has 1 saturated carbocycles. The van der Waals surface area contributed by atoms with Crippen molar-refractivity contribution in [2.75, 3.05) is 5.73 Å². The predicted octanol–water partition coefficient (Wildman–Crippen LogP) is 4.89. The molecule has 1 saturated heterocycles. The number of anilines is 1. The molecule has 0 bridgehead atoms. The number of hydrogen-bond donors (Lipinski definition) is 1. The van der Waals surface area contributed by atoms with Gasteiger partial charge in [0.25, 0.3) is 0 Å². The van der Waals surface area contributed by atoms with E-state index in [4.69, 9.17) is 24.7 Å². The molecule has 2 aromatic heterocycles. The summed E-state index contributed by atoms with van der Waals surface area (Å²) >= 11 is 0. The summed E-state index contributed by atoms with van der Waals surface area (Å²) in [7, 11) is 0. The fraction of sp³-hybridized carbons (Fsp3) is 0.250. The smallest absolute Gasteiger partial charge is 0.155 e. The Morgan fingerprint density at radius 2 is 1.30 bits per heavy atom. The molecule has 3 heterocycles. The molecule has 0 radical (unpaired) electrons. The van der Waals surface area contributed by atoms with E-state index < -0.39 is 17.8 Å². The van der Waals surface area contributed by atoms with Crippen molar-refractivity contribution in [1.29, 1.82) is 0 Å². The Labute approximate surface area is 232 Å². The Morgan fingerprint density at radius 3 is 1.93 bits per heavy atom. The Balaban J connectivity index is 1.23. The third-order valence-electron chi connectivity index (χ3n) is 7.75. The van der Waals surface area contributed by atoms with Gasteiger partial charge in [-0.05, 0) is 28.8 Å². The standard InChI is InChI=1S/C32H30N4O4/c33-31-26-17-16-25(36(26)35-21-34-31)27-28(37-18-22-10-4-1-5-11-22)32(39-20-24-14-8-3-9-15-24)29(30(32)40-27)38-19-23-12-6-2-7-13-23/h1-17,21,27-30H,18-20H2,(H2,33,34,35). The fourth-order valence-corrected chi connectivity index (χ4v) is 5.69. The van der Waals surface area contributed by atoms with E-state index in [2.05, 4.69) is 46.5 Å². The maximum absolute atomic E-state index is 6.78. The van der Waals surface area contributed by atoms with Crippen LogP contribution < -0.4 is 5.73 Å². The summed E-state index contributed by atoms with van der Waals surface area (Å²) in [6, 6.07) is 34.3. The summed E-state index contributed by atoms with van der Waals surface area (Å²) in [5.41, 5.74) is 10.1. The van der Waals surface area contributed by atoms with Gasteiger partial charge in [0.15, 0.2) is 11.4 Å². The SMILES string of the molecule is Nc1ncnn2c(C3OC4C(OCc5ccccc5)C4(OCc4ccccc4)C3OCc3ccccc3)ccc12. The van der Waals surface area contributed by atoms with Crippen LogP contribution in [0.15, 0.2) is 109 Å². The van der Waals surface area contributed by atoms with Crippen LogP contribution in [0.1, 0.15) is 28.5 Å². The minimum Gasteiger partial charge on any atom is -0.382 e. The Kier molecular flexibility index (Phi) is 6.53. The molecule has 8 nitrogen and oxygen atoms in total. The van der Waals surface area contributed by atoms with E-state index in [0.29, 0.717) is 25.6 Å². The van der Waals surface area contributed by atoms with E-state index in [1.807, 2.05) is 66.7 Å². The van der Waals surface area contributed by atoms with Gasteiger partial charge in [-0.2, -0.15) is 5.10 Å². The van der Waals surface area contributed by atoms with Crippen LogP contribution in [-0.2, 0) is 38.8 Å². The van der Waals surface area contributed by atoms with Crippen LogP contribution in [0.2, 0.25) is 0 Å². The average Bonchev–Trinajstić information content (AvgIpc) is 3.25. The molecular weight excluding hydrogens is 504 g/mol. The molecule has 1 aliphatic carbocycles. The zero-order chi connectivity index (χ0) is 26.9. The lowest BCUT2D eigenvalue weighted by Gasteiger charge is -2.30. The molecule has 202 valence electrons. The summed E-state index contributed by atoms with van der Waals surface area (Å²) in [4.78, 5) is 4.14. The summed E-state index contributed by atoms with van der Waals surface area (Å²) in [6.07, 6.45) is -0.0569. The highest BCUT2D eigenvalue weighted by atomic mass is 16.7. The lowest BCUT2D eigenvalue weighted by atomic mass is 10.0. The van der Waals surface area contributed by atoms with Crippen LogP contribution in [0.5, 0.6) is 0 Å². The van der Waals surface area contributed by atoms with E-state index in [-0.39, 0.29) is 12.2 Å². The lowest BCUT2D eigenvalue weighted by Crippen LogP contribution is -2.40. The fourth-order valence-electron chi connectivity index (χ4n) is 5.69. The summed E-state index contributed by atoms with van der Waals surface area (Å²) in [6.45, 7) is 1.27. The maximum atomic E-state index is 6.78. The summed E-state index contributed by atoms with van der Waals surface area (Å²) in [5, 5.41) is 4.47. The predicted molar refractivity (Wildman–Crippen MR) is 149 cm³/mol. The minimum absolute atomic E-state index is 0.292. The van der Waals surface area contributed by atoms with Crippen LogP contribution in [-0.4, -0.2) is 38.5 Å². The van der Waals surface area contributed by atoms with Gasteiger partial charge in [0, 0.05) is 0 Å². The van der Waals surface area contributed by atoms with E-state index in [1.54, 1.807) is 4.52 Å². The van der Waals surface area contributed by atoms with Crippen LogP contribution in [0.25, 0.3) is 5.52 Å². The highest BCUT2D eigenvalue weighted by molar-refractivity contribution is 5.65. The number of ether oxygens (including phenoxy) is 4. The molecule has 1 aliphatic heterocycles. The first kappa shape index (κ1) is 24.9. The van der Waals surface area contributed by atoms with Crippen LogP contribution >= 0.6 is 0 Å². The van der Waals surface area contributed by atoms with Gasteiger partial charge >= 0.3 is 0 Å². The number of nitrogen functional groups attached to an aromatic ring is 1. The van der Waals surface area contributed by atoms with Gasteiger partial charge in [0.05, 0.1) is 25.5 Å². The van der Waals surface area contributed by atoms with Crippen molar-refractivity contribution in [3.63, 3.8) is 0 Å². The Bertz CT molecular complexity index is 1580. The number of rotatable bonds is 10. The van der Waals surface area contributed by atoms with Crippen molar-refractivity contribution >= 4 is 11.3 Å². The maximum Gasteiger partial charge on any atom is 0.155 e. The van der Waals surface area contributed by atoms with Gasteiger partial charge in [-0.15, -0.1) is 0 Å². The highest BCUT2D eigenvalue weighted by Crippen LogP contribution is 2.60. The number of nitrogens with two attached hydrogens (primary N) is 1. The van der Waals surface area contributed by atoms with E-state index >= 15 is 0 Å². The number of nitrogens with zero attached hydrogens (tertiary/aromatic N) is 3. The van der Waals surface area contributed by atoms with Crippen molar-refractivity contribution < 1.29 is 18.9 Å². The molecule has 5 unspecified atom stereocenters. The van der Waals surface area contributed by atoms with Crippen molar-refractivity contribution in [2.45, 2.75) is 49.8 Å². The van der Waals surface area contributed by atoms with Gasteiger partial charge in [0.2, 0.25) is 0 Å². The molecule has 40 heavy (non-hydrogen) atoms. The van der Waals surface area contributed by atoms with Gasteiger partial charge in [-0.3, -0.25) is 0 Å². The van der Waals surface area contributed by atoms with Crippen LogP contribution in [0.4, 0.5) is 5.82 Å². The first-order valence-corrected chi connectivity index (χ1v) is 13.5. The monoisotopic (exact) mass is 534 g/mol. The van der Waals surface area contributed by atoms with Crippen LogP contribution in [0, 0.1) is 0 Å². The second kappa shape index (κ2) is 10.5. The van der Waals surface area contributed by atoms with Crippen molar-refractivity contribution in [2.24, 2.45) is 0 Å². The molecule has 7 rings (SSSR count). The highest BCUT2D eigenvalue weighted by Gasteiger charge is 2.80. The first-order chi connectivity index (χ1) is 19.7. The molecule has 2 N–H and O–H groups in total. The Hall–Kier alpha value is -4.08. The van der Waals surface area contributed by atoms with E-state index in [0.717, 1.165) is 27.9 Å². The molecule has 2 aliphatic rings. The minimum atomic E-state index is -0.799. The first-order valence-electron chi connectivity index (χ1n) is 13.5. The molecular formula is C32H30N4O4. The number of benzene rings is 3. The van der Waals surface area contributed by atoms with Crippen molar-refractivity contribution in [3.05, 3.63) is 132 Å². The lowest BCUT2D eigenvalue weighted by molar-refractivity contribution is -0.145. The van der Waals surface area contributed by atoms with E-state index in [1.165, 1.54) is 6.33 Å². The molecule has 8 heteroatoms. The number of hydrogen-bond acceptors (Lipinski definition) is 7. The van der Waals surface area contributed by atoms with Gasteiger partial charge in [-0.25, -0.2) is 9.50 Å². The number of fused-ring (bicyclic) bond motifs is 2. The van der Waals surface area contributed by atoms with Gasteiger partial charge in [-0.1, -0.05) is 91.0 Å². The summed E-state index contributed by atoms with van der Waals surface area (Å²) in [5.74, 6) is 0.408. The summed E-state index contributed by atoms with van der Waals surface area (Å²) < 4.78 is 28.5. The average molecular weight is 535 g/mol. The normalized spacial score (nSPS) is 25.2. The van der Waals surface area contributed by atoms with Crippen molar-refractivity contribution in [3.8, 4) is 0 Å². The molecule has 0 spiro atoms. The van der Waals surface area contributed by atoms with E-state index in [9.17, 15) is 0 Å². The van der Waals surface area contributed by atoms with Gasteiger partial charge < -0.3 is 24.7 Å². The Morgan fingerprint density at radius 1 is 0.725 bits per heavy atom. The zero-order valence-electron chi connectivity index (χ0n) is 21.9. The number of aromatic nitrogens is 3. The second-order valence-electron chi connectivity index (χ2n) is 10.2. The molecule has 3 aromatic carbocycles. The van der Waals surface area contributed by atoms with Crippen LogP contribution in [0.3, 0.4) is 0 Å². The molecule has 5 atom stereocenters.